The lowest BCUT2D eigenvalue weighted by Crippen LogP contribution is -2.40. The highest BCUT2D eigenvalue weighted by molar-refractivity contribution is 8.20. The lowest BCUT2D eigenvalue weighted by Gasteiger charge is -2.27. The van der Waals surface area contributed by atoms with Crippen LogP contribution in [0.2, 0.25) is 0 Å². The summed E-state index contributed by atoms with van der Waals surface area (Å²) >= 11 is 5.01. The summed E-state index contributed by atoms with van der Waals surface area (Å²) in [6.45, 7) is 2.12. The van der Waals surface area contributed by atoms with Crippen LogP contribution in [0.15, 0.2) is 24.3 Å². The zero-order valence-electron chi connectivity index (χ0n) is 14.7. The average molecular weight is 429 g/mol. The third kappa shape index (κ3) is 5.32. The summed E-state index contributed by atoms with van der Waals surface area (Å²) < 4.78 is 5.77. The number of nitro benzene ring substituents is 1. The fourth-order valence-corrected chi connectivity index (χ4v) is 7.31. The van der Waals surface area contributed by atoms with Crippen LogP contribution in [-0.4, -0.2) is 55.0 Å². The maximum atomic E-state index is 12.7. The van der Waals surface area contributed by atoms with Crippen LogP contribution in [0, 0.1) is 10.1 Å². The molecule has 2 saturated heterocycles. The standard InChI is InChI=1S/C17H20N2O5S3/c1-11(20)27-14-8-15(16-25-6-7-26-16)18(9-14)17(21)24-10-12-2-4-13(5-3-12)19(22)23/h2-5,14-16H,6-10H2,1H3/t14-,15-/m0/s1. The number of non-ortho nitro benzene ring substituents is 1. The Morgan fingerprint density at radius 2 is 1.96 bits per heavy atom. The molecular weight excluding hydrogens is 408 g/mol. The van der Waals surface area contributed by atoms with Crippen molar-refractivity contribution in [2.45, 2.75) is 35.8 Å². The molecule has 0 N–H and O–H groups in total. The quantitative estimate of drug-likeness (QED) is 0.517. The van der Waals surface area contributed by atoms with Crippen molar-refractivity contribution in [2.24, 2.45) is 0 Å². The van der Waals surface area contributed by atoms with Gasteiger partial charge in [0.05, 0.1) is 15.5 Å². The number of nitrogens with zero attached hydrogens (tertiary/aromatic N) is 2. The maximum Gasteiger partial charge on any atom is 0.410 e. The summed E-state index contributed by atoms with van der Waals surface area (Å²) in [5.41, 5.74) is 0.702. The van der Waals surface area contributed by atoms with Crippen LogP contribution >= 0.6 is 35.3 Å². The lowest BCUT2D eigenvalue weighted by atomic mass is 10.2. The summed E-state index contributed by atoms with van der Waals surface area (Å²) in [5.74, 6) is 2.14. The van der Waals surface area contributed by atoms with Crippen molar-refractivity contribution < 1.29 is 19.2 Å². The molecule has 2 aliphatic heterocycles. The number of amides is 1. The van der Waals surface area contributed by atoms with Crippen LogP contribution < -0.4 is 0 Å². The normalized spacial score (nSPS) is 22.8. The molecule has 2 aliphatic rings. The Hall–Kier alpha value is -1.39. The Labute approximate surface area is 170 Å². The van der Waals surface area contributed by atoms with Crippen LogP contribution in [0.1, 0.15) is 18.9 Å². The number of rotatable bonds is 5. The topological polar surface area (TPSA) is 89.8 Å². The van der Waals surface area contributed by atoms with Crippen molar-refractivity contribution in [3.63, 3.8) is 0 Å². The highest BCUT2D eigenvalue weighted by atomic mass is 32.2. The smallest absolute Gasteiger partial charge is 0.410 e. The van der Waals surface area contributed by atoms with E-state index in [4.69, 9.17) is 4.74 Å². The summed E-state index contributed by atoms with van der Waals surface area (Å²) in [5, 5.41) is 10.9. The van der Waals surface area contributed by atoms with E-state index < -0.39 is 11.0 Å². The zero-order valence-corrected chi connectivity index (χ0v) is 17.2. The minimum absolute atomic E-state index is 0.00376. The first-order valence-corrected chi connectivity index (χ1v) is 11.5. The average Bonchev–Trinajstić information content (AvgIpc) is 3.29. The molecule has 0 aromatic heterocycles. The van der Waals surface area contributed by atoms with Gasteiger partial charge < -0.3 is 9.64 Å². The van der Waals surface area contributed by atoms with Gasteiger partial charge in [0.1, 0.15) is 6.61 Å². The highest BCUT2D eigenvalue weighted by Crippen LogP contribution is 2.42. The molecule has 0 spiro atoms. The van der Waals surface area contributed by atoms with Gasteiger partial charge in [-0.05, 0) is 24.1 Å². The monoisotopic (exact) mass is 428 g/mol. The molecular formula is C17H20N2O5S3. The molecule has 1 aromatic carbocycles. The van der Waals surface area contributed by atoms with Crippen molar-refractivity contribution >= 4 is 52.2 Å². The van der Waals surface area contributed by atoms with Crippen molar-refractivity contribution in [1.29, 1.82) is 0 Å². The Balaban J connectivity index is 1.61. The fourth-order valence-electron chi connectivity index (χ4n) is 3.15. The Morgan fingerprint density at radius 3 is 2.56 bits per heavy atom. The van der Waals surface area contributed by atoms with E-state index in [9.17, 15) is 19.7 Å². The van der Waals surface area contributed by atoms with Crippen LogP contribution in [0.3, 0.4) is 0 Å². The summed E-state index contributed by atoms with van der Waals surface area (Å²) in [6, 6.07) is 6.03. The van der Waals surface area contributed by atoms with Crippen molar-refractivity contribution in [3.8, 4) is 0 Å². The number of carbonyl (C=O) groups is 2. The van der Waals surface area contributed by atoms with Gasteiger partial charge in [-0.3, -0.25) is 14.9 Å². The molecule has 0 bridgehead atoms. The van der Waals surface area contributed by atoms with Gasteiger partial charge in [-0.2, -0.15) is 0 Å². The van der Waals surface area contributed by atoms with Gasteiger partial charge in [-0.15, -0.1) is 23.5 Å². The van der Waals surface area contributed by atoms with E-state index in [0.717, 1.165) is 17.9 Å². The number of hydrogen-bond donors (Lipinski definition) is 0. The van der Waals surface area contributed by atoms with Crippen LogP contribution in [-0.2, 0) is 16.1 Å². The van der Waals surface area contributed by atoms with E-state index in [1.807, 2.05) is 23.5 Å². The van der Waals surface area contributed by atoms with E-state index in [1.54, 1.807) is 24.0 Å². The van der Waals surface area contributed by atoms with Crippen molar-refractivity contribution in [1.82, 2.24) is 4.90 Å². The molecule has 146 valence electrons. The number of benzene rings is 1. The largest absolute Gasteiger partial charge is 0.445 e. The van der Waals surface area contributed by atoms with E-state index in [2.05, 4.69) is 0 Å². The SMILES string of the molecule is CC(=O)S[C@H]1C[C@@H](C2SCCS2)N(C(=O)OCc2ccc([N+](=O)[O-])cc2)C1. The number of thioether (sulfide) groups is 3. The van der Waals surface area contributed by atoms with Crippen LogP contribution in [0.25, 0.3) is 0 Å². The highest BCUT2D eigenvalue weighted by Gasteiger charge is 2.42. The second-order valence-electron chi connectivity index (χ2n) is 6.27. The van der Waals surface area contributed by atoms with Gasteiger partial charge in [-0.25, -0.2) is 4.79 Å². The zero-order chi connectivity index (χ0) is 19.4. The van der Waals surface area contributed by atoms with E-state index in [0.29, 0.717) is 16.7 Å². The molecule has 7 nitrogen and oxygen atoms in total. The first-order chi connectivity index (χ1) is 12.9. The molecule has 27 heavy (non-hydrogen) atoms. The molecule has 2 fully saturated rings. The lowest BCUT2D eigenvalue weighted by molar-refractivity contribution is -0.384. The number of likely N-dealkylation sites (tertiary alicyclic amines) is 1. The van der Waals surface area contributed by atoms with E-state index >= 15 is 0 Å². The van der Waals surface area contributed by atoms with Gasteiger partial charge in [0, 0.05) is 42.4 Å². The predicted octanol–water partition coefficient (Wildman–Crippen LogP) is 3.76. The summed E-state index contributed by atoms with van der Waals surface area (Å²) in [7, 11) is 0. The molecule has 1 amide bonds. The van der Waals surface area contributed by atoms with Crippen LogP contribution in [0.5, 0.6) is 0 Å². The van der Waals surface area contributed by atoms with Gasteiger partial charge in [0.2, 0.25) is 0 Å². The van der Waals surface area contributed by atoms with Crippen LogP contribution in [0.4, 0.5) is 10.5 Å². The fraction of sp³-hybridized carbons (Fsp3) is 0.529. The molecule has 0 unspecified atom stereocenters. The Bertz CT molecular complexity index is 709. The second-order valence-corrected chi connectivity index (χ2v) is 10.5. The third-order valence-electron chi connectivity index (χ3n) is 4.34. The molecule has 3 rings (SSSR count). The molecule has 10 heteroatoms. The Kier molecular flexibility index (Phi) is 6.93. The molecule has 0 aliphatic carbocycles. The number of ether oxygens (including phenoxy) is 1. The number of hydrogen-bond acceptors (Lipinski definition) is 8. The predicted molar refractivity (Wildman–Crippen MR) is 109 cm³/mol. The number of nitro groups is 1. The van der Waals surface area contributed by atoms with Crippen molar-refractivity contribution in [2.75, 3.05) is 18.1 Å². The minimum Gasteiger partial charge on any atom is -0.445 e. The van der Waals surface area contributed by atoms with Gasteiger partial charge in [-0.1, -0.05) is 11.8 Å². The maximum absolute atomic E-state index is 12.7. The minimum atomic E-state index is -0.464. The van der Waals surface area contributed by atoms with Gasteiger partial charge >= 0.3 is 6.09 Å². The molecule has 2 atom stereocenters. The summed E-state index contributed by atoms with van der Waals surface area (Å²) in [6.07, 6.45) is 0.403. The van der Waals surface area contributed by atoms with E-state index in [-0.39, 0.29) is 28.7 Å². The van der Waals surface area contributed by atoms with Gasteiger partial charge in [0.15, 0.2) is 5.12 Å². The van der Waals surface area contributed by atoms with Gasteiger partial charge in [0.25, 0.3) is 5.69 Å². The van der Waals surface area contributed by atoms with Crippen molar-refractivity contribution in [3.05, 3.63) is 39.9 Å². The number of carbonyl (C=O) groups excluding carboxylic acids is 2. The molecule has 0 radical (unpaired) electrons. The summed E-state index contributed by atoms with van der Waals surface area (Å²) in [4.78, 5) is 36.1. The molecule has 0 saturated carbocycles. The molecule has 1 aromatic rings. The second kappa shape index (κ2) is 9.20. The first-order valence-electron chi connectivity index (χ1n) is 8.51. The molecule has 2 heterocycles. The third-order valence-corrected chi connectivity index (χ3v) is 8.59. The first kappa shape index (κ1) is 20.3. The van der Waals surface area contributed by atoms with E-state index in [1.165, 1.54) is 23.9 Å². The Morgan fingerprint density at radius 1 is 1.30 bits per heavy atom.